The number of carbonyl (C=O) groups excluding carboxylic acids is 2. The monoisotopic (exact) mass is 441 g/mol. The van der Waals surface area contributed by atoms with Gasteiger partial charge in [-0.05, 0) is 42.5 Å². The van der Waals surface area contributed by atoms with Gasteiger partial charge in [0, 0.05) is 36.1 Å². The molecule has 0 spiro atoms. The molecule has 1 aromatic heterocycles. The summed E-state index contributed by atoms with van der Waals surface area (Å²) in [7, 11) is 1.58. The van der Waals surface area contributed by atoms with Crippen LogP contribution < -0.4 is 15.6 Å². The normalized spacial score (nSPS) is 10.7. The quantitative estimate of drug-likeness (QED) is 0.404. The van der Waals surface area contributed by atoms with Crippen molar-refractivity contribution in [3.05, 3.63) is 100 Å². The standard InChI is InChI=1S/C26H23N3O4/c1-33-23-9-5-2-6-18(23)16-22(30)17-10-12-19(13-11-17)27-25(31)15-14-24-28-21-8-4-3-7-20(21)26(32)29-24/h2-13H,14-16H2,1H3,(H,27,31)(H,28,29,32). The van der Waals surface area contributed by atoms with Crippen LogP contribution in [0.1, 0.15) is 28.2 Å². The van der Waals surface area contributed by atoms with Crippen LogP contribution in [-0.4, -0.2) is 28.8 Å². The minimum absolute atomic E-state index is 0.0382. The molecule has 0 saturated carbocycles. The predicted molar refractivity (Wildman–Crippen MR) is 127 cm³/mol. The number of hydrogen-bond donors (Lipinski definition) is 2. The van der Waals surface area contributed by atoms with E-state index in [1.54, 1.807) is 49.6 Å². The number of hydrogen-bond acceptors (Lipinski definition) is 5. The molecule has 0 unspecified atom stereocenters. The van der Waals surface area contributed by atoms with Crippen LogP contribution in [0.15, 0.2) is 77.6 Å². The zero-order chi connectivity index (χ0) is 23.2. The second kappa shape index (κ2) is 9.91. The number of aromatic amines is 1. The van der Waals surface area contributed by atoms with Crippen molar-refractivity contribution in [3.63, 3.8) is 0 Å². The molecule has 0 bridgehead atoms. The van der Waals surface area contributed by atoms with Crippen molar-refractivity contribution in [2.24, 2.45) is 0 Å². The molecule has 3 aromatic carbocycles. The molecular weight excluding hydrogens is 418 g/mol. The lowest BCUT2D eigenvalue weighted by atomic mass is 10.0. The van der Waals surface area contributed by atoms with Gasteiger partial charge < -0.3 is 15.0 Å². The number of nitrogens with zero attached hydrogens (tertiary/aromatic N) is 1. The predicted octanol–water partition coefficient (Wildman–Crippen LogP) is 3.93. The van der Waals surface area contributed by atoms with Gasteiger partial charge in [0.1, 0.15) is 11.6 Å². The molecule has 166 valence electrons. The lowest BCUT2D eigenvalue weighted by Gasteiger charge is -2.09. The number of H-pyrrole nitrogens is 1. The number of Topliss-reactive ketones (excluding diaryl/α,β-unsaturated/α-hetero) is 1. The van der Waals surface area contributed by atoms with Crippen molar-refractivity contribution in [2.45, 2.75) is 19.3 Å². The van der Waals surface area contributed by atoms with Crippen LogP contribution in [-0.2, 0) is 17.6 Å². The Hall–Kier alpha value is -4.26. The number of ketones is 1. The van der Waals surface area contributed by atoms with Crippen LogP contribution >= 0.6 is 0 Å². The number of rotatable bonds is 8. The van der Waals surface area contributed by atoms with Crippen LogP contribution in [0.25, 0.3) is 10.9 Å². The number of ether oxygens (including phenoxy) is 1. The number of anilines is 1. The summed E-state index contributed by atoms with van der Waals surface area (Å²) < 4.78 is 5.30. The summed E-state index contributed by atoms with van der Waals surface area (Å²) in [4.78, 5) is 44.2. The smallest absolute Gasteiger partial charge is 0.258 e. The molecule has 0 aliphatic heterocycles. The number of amides is 1. The zero-order valence-corrected chi connectivity index (χ0v) is 18.1. The molecule has 0 aliphatic rings. The maximum atomic E-state index is 12.6. The topological polar surface area (TPSA) is 101 Å². The summed E-state index contributed by atoms with van der Waals surface area (Å²) in [5, 5.41) is 3.33. The fourth-order valence-corrected chi connectivity index (χ4v) is 3.57. The SMILES string of the molecule is COc1ccccc1CC(=O)c1ccc(NC(=O)CCc2nc3ccccc3c(=O)[nH]2)cc1. The molecular formula is C26H23N3O4. The maximum Gasteiger partial charge on any atom is 0.258 e. The number of aromatic nitrogens is 2. The van der Waals surface area contributed by atoms with E-state index in [0.29, 0.717) is 40.1 Å². The maximum absolute atomic E-state index is 12.6. The van der Waals surface area contributed by atoms with Gasteiger partial charge in [-0.2, -0.15) is 0 Å². The number of carbonyl (C=O) groups is 2. The highest BCUT2D eigenvalue weighted by molar-refractivity contribution is 5.98. The lowest BCUT2D eigenvalue weighted by Crippen LogP contribution is -2.16. The van der Waals surface area contributed by atoms with E-state index in [2.05, 4.69) is 15.3 Å². The van der Waals surface area contributed by atoms with E-state index in [0.717, 1.165) is 5.56 Å². The van der Waals surface area contributed by atoms with E-state index >= 15 is 0 Å². The van der Waals surface area contributed by atoms with Crippen molar-refractivity contribution in [1.29, 1.82) is 0 Å². The van der Waals surface area contributed by atoms with Gasteiger partial charge in [-0.15, -0.1) is 0 Å². The van der Waals surface area contributed by atoms with E-state index in [-0.39, 0.29) is 30.1 Å². The molecule has 33 heavy (non-hydrogen) atoms. The van der Waals surface area contributed by atoms with Crippen molar-refractivity contribution in [3.8, 4) is 5.75 Å². The molecule has 0 radical (unpaired) electrons. The first-order chi connectivity index (χ1) is 16.0. The van der Waals surface area contributed by atoms with Gasteiger partial charge in [-0.3, -0.25) is 14.4 Å². The molecule has 4 aromatic rings. The van der Waals surface area contributed by atoms with E-state index in [4.69, 9.17) is 4.74 Å². The highest BCUT2D eigenvalue weighted by Crippen LogP contribution is 2.20. The van der Waals surface area contributed by atoms with Crippen LogP contribution in [0.2, 0.25) is 0 Å². The molecule has 7 nitrogen and oxygen atoms in total. The van der Waals surface area contributed by atoms with Crippen molar-refractivity contribution in [1.82, 2.24) is 9.97 Å². The lowest BCUT2D eigenvalue weighted by molar-refractivity contribution is -0.116. The van der Waals surface area contributed by atoms with Gasteiger partial charge in [0.2, 0.25) is 5.91 Å². The first kappa shape index (κ1) is 22.0. The van der Waals surface area contributed by atoms with Crippen LogP contribution in [0, 0.1) is 0 Å². The third kappa shape index (κ3) is 5.33. The van der Waals surface area contributed by atoms with Crippen molar-refractivity contribution < 1.29 is 14.3 Å². The third-order valence-corrected chi connectivity index (χ3v) is 5.28. The average Bonchev–Trinajstić information content (AvgIpc) is 2.83. The van der Waals surface area contributed by atoms with Crippen LogP contribution in [0.5, 0.6) is 5.75 Å². The number of aryl methyl sites for hydroxylation is 1. The Morgan fingerprint density at radius 3 is 2.48 bits per heavy atom. The molecule has 0 fully saturated rings. The van der Waals surface area contributed by atoms with Crippen LogP contribution in [0.3, 0.4) is 0 Å². The highest BCUT2D eigenvalue weighted by atomic mass is 16.5. The largest absolute Gasteiger partial charge is 0.496 e. The fourth-order valence-electron chi connectivity index (χ4n) is 3.57. The number of fused-ring (bicyclic) bond motifs is 1. The first-order valence-corrected chi connectivity index (χ1v) is 10.6. The van der Waals surface area contributed by atoms with Gasteiger partial charge in [0.25, 0.3) is 5.56 Å². The number of benzene rings is 3. The van der Waals surface area contributed by atoms with Crippen molar-refractivity contribution >= 4 is 28.3 Å². The van der Waals surface area contributed by atoms with Gasteiger partial charge in [0.15, 0.2) is 5.78 Å². The Balaban J connectivity index is 1.34. The van der Waals surface area contributed by atoms with Gasteiger partial charge in [0.05, 0.1) is 18.0 Å². The van der Waals surface area contributed by atoms with Crippen molar-refractivity contribution in [2.75, 3.05) is 12.4 Å². The van der Waals surface area contributed by atoms with E-state index in [1.807, 2.05) is 30.3 Å². The molecule has 1 heterocycles. The highest BCUT2D eigenvalue weighted by Gasteiger charge is 2.12. The van der Waals surface area contributed by atoms with E-state index in [1.165, 1.54) is 0 Å². The third-order valence-electron chi connectivity index (χ3n) is 5.28. The van der Waals surface area contributed by atoms with Crippen LogP contribution in [0.4, 0.5) is 5.69 Å². The average molecular weight is 441 g/mol. The summed E-state index contributed by atoms with van der Waals surface area (Å²) >= 11 is 0. The Bertz CT molecular complexity index is 1360. The minimum Gasteiger partial charge on any atom is -0.496 e. The van der Waals surface area contributed by atoms with Gasteiger partial charge in [-0.25, -0.2) is 4.98 Å². The summed E-state index contributed by atoms with van der Waals surface area (Å²) in [5.74, 6) is 0.894. The Kier molecular flexibility index (Phi) is 6.59. The van der Waals surface area contributed by atoms with Gasteiger partial charge >= 0.3 is 0 Å². The molecule has 1 amide bonds. The summed E-state index contributed by atoms with van der Waals surface area (Å²) in [6.45, 7) is 0. The van der Waals surface area contributed by atoms with Gasteiger partial charge in [-0.1, -0.05) is 30.3 Å². The second-order valence-corrected chi connectivity index (χ2v) is 7.57. The summed E-state index contributed by atoms with van der Waals surface area (Å²) in [6.07, 6.45) is 0.698. The Morgan fingerprint density at radius 1 is 0.970 bits per heavy atom. The Morgan fingerprint density at radius 2 is 1.70 bits per heavy atom. The summed E-state index contributed by atoms with van der Waals surface area (Å²) in [6, 6.07) is 21.3. The molecule has 0 aliphatic carbocycles. The summed E-state index contributed by atoms with van der Waals surface area (Å²) in [5.41, 5.74) is 2.35. The molecule has 0 saturated heterocycles. The second-order valence-electron chi connectivity index (χ2n) is 7.57. The molecule has 4 rings (SSSR count). The number of para-hydroxylation sites is 2. The first-order valence-electron chi connectivity index (χ1n) is 10.6. The Labute approximate surface area is 190 Å². The number of nitrogens with one attached hydrogen (secondary N) is 2. The number of methoxy groups -OCH3 is 1. The minimum atomic E-state index is -0.218. The van der Waals surface area contributed by atoms with E-state index in [9.17, 15) is 14.4 Å². The zero-order valence-electron chi connectivity index (χ0n) is 18.1. The van der Waals surface area contributed by atoms with E-state index < -0.39 is 0 Å². The molecule has 7 heteroatoms. The fraction of sp³-hybridized carbons (Fsp3) is 0.154. The molecule has 0 atom stereocenters. The molecule has 2 N–H and O–H groups in total.